The van der Waals surface area contributed by atoms with Gasteiger partial charge >= 0.3 is 0 Å². The maximum atomic E-state index is 12.0. The van der Waals surface area contributed by atoms with E-state index in [1.165, 1.54) is 6.42 Å². The maximum absolute atomic E-state index is 12.0. The van der Waals surface area contributed by atoms with Gasteiger partial charge in [-0.15, -0.1) is 12.4 Å². The fourth-order valence-electron chi connectivity index (χ4n) is 2.83. The standard InChI is InChI=1S/C16H24ClN3O.ClH/c17-15-5-3-13(4-6-15)10-19-16(21)12-20-9-1-2-14(11-20)7-8-18;/h3-6,14H,1-2,7-12,18H2,(H,19,21);1H. The minimum absolute atomic E-state index is 0. The Labute approximate surface area is 143 Å². The second-order valence-corrected chi connectivity index (χ2v) is 6.16. The summed E-state index contributed by atoms with van der Waals surface area (Å²) in [6.45, 7) is 3.77. The van der Waals surface area contributed by atoms with Crippen LogP contribution in [-0.4, -0.2) is 37.0 Å². The Morgan fingerprint density at radius 2 is 2.09 bits per heavy atom. The number of carbonyl (C=O) groups is 1. The molecule has 1 aromatic carbocycles. The zero-order chi connectivity index (χ0) is 15.1. The summed E-state index contributed by atoms with van der Waals surface area (Å²) < 4.78 is 0. The molecule has 6 heteroatoms. The van der Waals surface area contributed by atoms with E-state index in [9.17, 15) is 4.79 Å². The quantitative estimate of drug-likeness (QED) is 0.832. The van der Waals surface area contributed by atoms with Crippen LogP contribution >= 0.6 is 24.0 Å². The number of rotatable bonds is 6. The molecule has 22 heavy (non-hydrogen) atoms. The Morgan fingerprint density at radius 3 is 2.77 bits per heavy atom. The van der Waals surface area contributed by atoms with E-state index < -0.39 is 0 Å². The summed E-state index contributed by atoms with van der Waals surface area (Å²) >= 11 is 5.84. The van der Waals surface area contributed by atoms with E-state index >= 15 is 0 Å². The largest absolute Gasteiger partial charge is 0.351 e. The Morgan fingerprint density at radius 1 is 1.36 bits per heavy atom. The van der Waals surface area contributed by atoms with Crippen molar-refractivity contribution in [2.75, 3.05) is 26.2 Å². The molecule has 0 saturated carbocycles. The van der Waals surface area contributed by atoms with Gasteiger partial charge in [-0.05, 0) is 56.0 Å². The van der Waals surface area contributed by atoms with Crippen molar-refractivity contribution in [1.29, 1.82) is 0 Å². The van der Waals surface area contributed by atoms with Crippen molar-refractivity contribution in [2.45, 2.75) is 25.8 Å². The second-order valence-electron chi connectivity index (χ2n) is 5.72. The number of carbonyl (C=O) groups excluding carboxylic acids is 1. The number of nitrogens with two attached hydrogens (primary N) is 1. The van der Waals surface area contributed by atoms with E-state index in [-0.39, 0.29) is 18.3 Å². The molecule has 124 valence electrons. The number of benzene rings is 1. The van der Waals surface area contributed by atoms with Crippen molar-refractivity contribution in [3.8, 4) is 0 Å². The smallest absolute Gasteiger partial charge is 0.234 e. The van der Waals surface area contributed by atoms with Crippen LogP contribution in [0.15, 0.2) is 24.3 Å². The highest BCUT2D eigenvalue weighted by Crippen LogP contribution is 2.18. The molecule has 1 unspecified atom stereocenters. The first kappa shape index (κ1) is 19.2. The fraction of sp³-hybridized carbons (Fsp3) is 0.562. The summed E-state index contributed by atoms with van der Waals surface area (Å²) in [5.41, 5.74) is 6.68. The number of halogens is 2. The van der Waals surface area contributed by atoms with Gasteiger partial charge in [0.25, 0.3) is 0 Å². The number of amides is 1. The molecule has 0 spiro atoms. The lowest BCUT2D eigenvalue weighted by Crippen LogP contribution is -2.42. The van der Waals surface area contributed by atoms with Crippen LogP contribution in [0.5, 0.6) is 0 Å². The summed E-state index contributed by atoms with van der Waals surface area (Å²) in [6.07, 6.45) is 3.46. The third kappa shape index (κ3) is 6.53. The van der Waals surface area contributed by atoms with Crippen LogP contribution in [0, 0.1) is 5.92 Å². The number of hydrogen-bond acceptors (Lipinski definition) is 3. The van der Waals surface area contributed by atoms with Gasteiger partial charge in [0.2, 0.25) is 5.91 Å². The van der Waals surface area contributed by atoms with E-state index in [4.69, 9.17) is 17.3 Å². The highest BCUT2D eigenvalue weighted by atomic mass is 35.5. The minimum Gasteiger partial charge on any atom is -0.351 e. The van der Waals surface area contributed by atoms with Gasteiger partial charge in [0.15, 0.2) is 0 Å². The van der Waals surface area contributed by atoms with Gasteiger partial charge in [-0.1, -0.05) is 23.7 Å². The van der Waals surface area contributed by atoms with Gasteiger partial charge in [-0.2, -0.15) is 0 Å². The molecule has 1 saturated heterocycles. The summed E-state index contributed by atoms with van der Waals surface area (Å²) in [7, 11) is 0. The molecule has 1 heterocycles. The third-order valence-electron chi connectivity index (χ3n) is 3.95. The SMILES string of the molecule is Cl.NCCC1CCCN(CC(=O)NCc2ccc(Cl)cc2)C1. The Kier molecular flexibility index (Phi) is 8.79. The maximum Gasteiger partial charge on any atom is 0.234 e. The number of nitrogens with one attached hydrogen (secondary N) is 1. The molecule has 1 aliphatic rings. The topological polar surface area (TPSA) is 58.4 Å². The normalized spacial score (nSPS) is 18.5. The van der Waals surface area contributed by atoms with Crippen molar-refractivity contribution in [1.82, 2.24) is 10.2 Å². The van der Waals surface area contributed by atoms with Crippen LogP contribution in [0.1, 0.15) is 24.8 Å². The van der Waals surface area contributed by atoms with Crippen LogP contribution in [0.25, 0.3) is 0 Å². The molecular formula is C16H25Cl2N3O. The molecule has 3 N–H and O–H groups in total. The highest BCUT2D eigenvalue weighted by molar-refractivity contribution is 6.30. The highest BCUT2D eigenvalue weighted by Gasteiger charge is 2.20. The molecule has 0 aromatic heterocycles. The Hall–Kier alpha value is -0.810. The molecule has 0 bridgehead atoms. The lowest BCUT2D eigenvalue weighted by Gasteiger charge is -2.32. The molecule has 0 radical (unpaired) electrons. The fourth-order valence-corrected chi connectivity index (χ4v) is 2.95. The molecule has 1 amide bonds. The zero-order valence-corrected chi connectivity index (χ0v) is 14.3. The van der Waals surface area contributed by atoms with Crippen LogP contribution in [0.2, 0.25) is 5.02 Å². The lowest BCUT2D eigenvalue weighted by atomic mass is 9.95. The minimum atomic E-state index is 0. The molecule has 1 aromatic rings. The van der Waals surface area contributed by atoms with Crippen molar-refractivity contribution in [2.24, 2.45) is 11.7 Å². The average molecular weight is 346 g/mol. The van der Waals surface area contributed by atoms with Crippen LogP contribution in [-0.2, 0) is 11.3 Å². The molecule has 0 aliphatic carbocycles. The summed E-state index contributed by atoms with van der Waals surface area (Å²) in [4.78, 5) is 14.2. The first-order chi connectivity index (χ1) is 10.2. The van der Waals surface area contributed by atoms with Gasteiger partial charge in [0.05, 0.1) is 6.54 Å². The van der Waals surface area contributed by atoms with Crippen LogP contribution < -0.4 is 11.1 Å². The average Bonchev–Trinajstić information content (AvgIpc) is 2.47. The molecule has 4 nitrogen and oxygen atoms in total. The summed E-state index contributed by atoms with van der Waals surface area (Å²) in [5, 5.41) is 3.68. The van der Waals surface area contributed by atoms with Crippen molar-refractivity contribution in [3.05, 3.63) is 34.9 Å². The van der Waals surface area contributed by atoms with E-state index in [1.807, 2.05) is 24.3 Å². The molecule has 1 fully saturated rings. The summed E-state index contributed by atoms with van der Waals surface area (Å²) in [6, 6.07) is 7.54. The Bertz CT molecular complexity index is 451. The predicted molar refractivity (Wildman–Crippen MR) is 93.4 cm³/mol. The number of nitrogens with zero attached hydrogens (tertiary/aromatic N) is 1. The predicted octanol–water partition coefficient (Wildman–Crippen LogP) is 2.44. The number of likely N-dealkylation sites (tertiary alicyclic amines) is 1. The van der Waals surface area contributed by atoms with Gasteiger partial charge in [0.1, 0.15) is 0 Å². The Balaban J connectivity index is 0.00000242. The van der Waals surface area contributed by atoms with Gasteiger partial charge < -0.3 is 11.1 Å². The summed E-state index contributed by atoms with van der Waals surface area (Å²) in [5.74, 6) is 0.728. The molecule has 2 rings (SSSR count). The molecular weight excluding hydrogens is 321 g/mol. The third-order valence-corrected chi connectivity index (χ3v) is 4.20. The van der Waals surface area contributed by atoms with Gasteiger partial charge in [0, 0.05) is 18.1 Å². The molecule has 1 atom stereocenters. The number of piperidine rings is 1. The van der Waals surface area contributed by atoms with Crippen molar-refractivity contribution >= 4 is 29.9 Å². The van der Waals surface area contributed by atoms with Crippen LogP contribution in [0.3, 0.4) is 0 Å². The zero-order valence-electron chi connectivity index (χ0n) is 12.8. The molecule has 1 aliphatic heterocycles. The first-order valence-electron chi connectivity index (χ1n) is 7.61. The van der Waals surface area contributed by atoms with E-state index in [0.29, 0.717) is 24.0 Å². The first-order valence-corrected chi connectivity index (χ1v) is 7.98. The van der Waals surface area contributed by atoms with E-state index in [2.05, 4.69) is 10.2 Å². The van der Waals surface area contributed by atoms with Gasteiger partial charge in [-0.25, -0.2) is 0 Å². The van der Waals surface area contributed by atoms with Gasteiger partial charge in [-0.3, -0.25) is 9.69 Å². The number of hydrogen-bond donors (Lipinski definition) is 2. The van der Waals surface area contributed by atoms with E-state index in [1.54, 1.807) is 0 Å². The van der Waals surface area contributed by atoms with Crippen molar-refractivity contribution in [3.63, 3.8) is 0 Å². The van der Waals surface area contributed by atoms with Crippen LogP contribution in [0.4, 0.5) is 0 Å². The van der Waals surface area contributed by atoms with Crippen molar-refractivity contribution < 1.29 is 4.79 Å². The second kappa shape index (κ2) is 10.1. The monoisotopic (exact) mass is 345 g/mol. The van der Waals surface area contributed by atoms with E-state index in [0.717, 1.165) is 38.0 Å². The lowest BCUT2D eigenvalue weighted by molar-refractivity contribution is -0.122.